The first kappa shape index (κ1) is 9.96. The van der Waals surface area contributed by atoms with Crippen LogP contribution in [-0.2, 0) is 0 Å². The van der Waals surface area contributed by atoms with Crippen molar-refractivity contribution in [3.05, 3.63) is 16.5 Å². The van der Waals surface area contributed by atoms with E-state index in [4.69, 9.17) is 23.2 Å². The topological polar surface area (TPSA) is 41.1 Å². The Balaban J connectivity index is 2.26. The normalized spacial score (nSPS) is 17.1. The Bertz CT molecular complexity index is 325. The second kappa shape index (κ2) is 4.29. The second-order valence-corrected chi connectivity index (χ2v) is 3.78. The van der Waals surface area contributed by atoms with Gasteiger partial charge in [0.05, 0.1) is 0 Å². The van der Waals surface area contributed by atoms with Gasteiger partial charge in [0.15, 0.2) is 11.0 Å². The highest BCUT2D eigenvalue weighted by Gasteiger charge is 2.16. The summed E-state index contributed by atoms with van der Waals surface area (Å²) in [6.07, 6.45) is 1.44. The van der Waals surface area contributed by atoms with Gasteiger partial charge in [0.2, 0.25) is 0 Å². The average Bonchev–Trinajstić information content (AvgIpc) is 2.23. The minimum atomic E-state index is 0.315. The van der Waals surface area contributed by atoms with Crippen LogP contribution in [0.15, 0.2) is 6.33 Å². The predicted molar refractivity (Wildman–Crippen MR) is 57.1 cm³/mol. The third-order valence-electron chi connectivity index (χ3n) is 2.15. The molecule has 2 heterocycles. The van der Waals surface area contributed by atoms with Crippen molar-refractivity contribution in [1.82, 2.24) is 15.3 Å². The summed E-state index contributed by atoms with van der Waals surface area (Å²) >= 11 is 11.8. The number of rotatable bonds is 1. The van der Waals surface area contributed by atoms with Gasteiger partial charge in [-0.2, -0.15) is 0 Å². The molecule has 0 atom stereocenters. The number of hydrogen-bond acceptors (Lipinski definition) is 4. The van der Waals surface area contributed by atoms with Gasteiger partial charge in [0, 0.05) is 26.2 Å². The van der Waals surface area contributed by atoms with Crippen molar-refractivity contribution < 1.29 is 0 Å². The third kappa shape index (κ3) is 1.92. The van der Waals surface area contributed by atoms with Crippen LogP contribution in [0.5, 0.6) is 0 Å². The molecule has 1 N–H and O–H groups in total. The van der Waals surface area contributed by atoms with E-state index in [1.807, 2.05) is 0 Å². The number of hydrogen-bond donors (Lipinski definition) is 1. The van der Waals surface area contributed by atoms with E-state index in [1.54, 1.807) is 0 Å². The molecule has 0 amide bonds. The lowest BCUT2D eigenvalue weighted by atomic mass is 10.3. The summed E-state index contributed by atoms with van der Waals surface area (Å²) in [6.45, 7) is 3.68. The number of piperazine rings is 1. The minimum absolute atomic E-state index is 0.315. The summed E-state index contributed by atoms with van der Waals surface area (Å²) in [5.74, 6) is 0.730. The van der Waals surface area contributed by atoms with E-state index in [0.29, 0.717) is 10.2 Å². The van der Waals surface area contributed by atoms with E-state index in [2.05, 4.69) is 20.2 Å². The molecule has 0 aromatic carbocycles. The van der Waals surface area contributed by atoms with Gasteiger partial charge < -0.3 is 10.2 Å². The first-order valence-electron chi connectivity index (χ1n) is 4.40. The Morgan fingerprint density at radius 3 is 2.64 bits per heavy atom. The molecule has 1 saturated heterocycles. The highest BCUT2D eigenvalue weighted by Crippen LogP contribution is 2.28. The number of anilines is 1. The van der Waals surface area contributed by atoms with Gasteiger partial charge in [-0.1, -0.05) is 23.2 Å². The molecule has 6 heteroatoms. The molecular formula is C8H10Cl2N4. The maximum Gasteiger partial charge on any atom is 0.153 e. The second-order valence-electron chi connectivity index (χ2n) is 3.04. The number of halogens is 2. The van der Waals surface area contributed by atoms with E-state index in [9.17, 15) is 0 Å². The van der Waals surface area contributed by atoms with Crippen molar-refractivity contribution in [3.63, 3.8) is 0 Å². The molecule has 2 rings (SSSR count). The summed E-state index contributed by atoms with van der Waals surface area (Å²) in [5.41, 5.74) is 0. The molecular weight excluding hydrogens is 223 g/mol. The fraction of sp³-hybridized carbons (Fsp3) is 0.500. The van der Waals surface area contributed by atoms with Crippen molar-refractivity contribution >= 4 is 29.0 Å². The van der Waals surface area contributed by atoms with Crippen LogP contribution in [0.4, 0.5) is 5.82 Å². The SMILES string of the molecule is Clc1ncnc(N2CCNCC2)c1Cl. The monoisotopic (exact) mass is 232 g/mol. The lowest BCUT2D eigenvalue weighted by molar-refractivity contribution is 0.584. The van der Waals surface area contributed by atoms with Gasteiger partial charge >= 0.3 is 0 Å². The number of nitrogens with zero attached hydrogens (tertiary/aromatic N) is 3. The smallest absolute Gasteiger partial charge is 0.153 e. The molecule has 0 aliphatic carbocycles. The molecule has 1 aliphatic rings. The summed E-state index contributed by atoms with van der Waals surface area (Å²) in [7, 11) is 0. The highest BCUT2D eigenvalue weighted by atomic mass is 35.5. The van der Waals surface area contributed by atoms with Crippen LogP contribution < -0.4 is 10.2 Å². The van der Waals surface area contributed by atoms with E-state index in [-0.39, 0.29) is 0 Å². The molecule has 14 heavy (non-hydrogen) atoms. The first-order valence-corrected chi connectivity index (χ1v) is 5.16. The van der Waals surface area contributed by atoms with Crippen molar-refractivity contribution in [2.75, 3.05) is 31.1 Å². The van der Waals surface area contributed by atoms with Gasteiger partial charge in [-0.15, -0.1) is 0 Å². The Morgan fingerprint density at radius 2 is 1.93 bits per heavy atom. The Morgan fingerprint density at radius 1 is 1.21 bits per heavy atom. The summed E-state index contributed by atoms with van der Waals surface area (Å²) in [4.78, 5) is 10.1. The van der Waals surface area contributed by atoms with Crippen molar-refractivity contribution in [2.24, 2.45) is 0 Å². The minimum Gasteiger partial charge on any atom is -0.353 e. The zero-order chi connectivity index (χ0) is 9.97. The van der Waals surface area contributed by atoms with Crippen LogP contribution in [-0.4, -0.2) is 36.1 Å². The fourth-order valence-corrected chi connectivity index (χ4v) is 1.78. The van der Waals surface area contributed by atoms with Crippen LogP contribution in [0.3, 0.4) is 0 Å². The number of nitrogens with one attached hydrogen (secondary N) is 1. The molecule has 4 nitrogen and oxygen atoms in total. The van der Waals surface area contributed by atoms with Gasteiger partial charge in [-0.25, -0.2) is 9.97 Å². The summed E-state index contributed by atoms with van der Waals surface area (Å²) in [6, 6.07) is 0. The Labute approximate surface area is 92.2 Å². The first-order chi connectivity index (χ1) is 6.79. The van der Waals surface area contributed by atoms with E-state index >= 15 is 0 Å². The van der Waals surface area contributed by atoms with Crippen molar-refractivity contribution in [2.45, 2.75) is 0 Å². The van der Waals surface area contributed by atoms with Gasteiger partial charge in [-0.05, 0) is 0 Å². The molecule has 1 aromatic rings. The van der Waals surface area contributed by atoms with E-state index in [1.165, 1.54) is 6.33 Å². The van der Waals surface area contributed by atoms with Crippen molar-refractivity contribution in [3.8, 4) is 0 Å². The Hall–Kier alpha value is -0.580. The highest BCUT2D eigenvalue weighted by molar-refractivity contribution is 6.42. The van der Waals surface area contributed by atoms with Crippen LogP contribution in [0.25, 0.3) is 0 Å². The van der Waals surface area contributed by atoms with Gasteiger partial charge in [0.1, 0.15) is 11.3 Å². The zero-order valence-electron chi connectivity index (χ0n) is 7.50. The van der Waals surface area contributed by atoms with Crippen LogP contribution in [0.2, 0.25) is 10.2 Å². The summed E-state index contributed by atoms with van der Waals surface area (Å²) in [5, 5.41) is 4.01. The van der Waals surface area contributed by atoms with Crippen LogP contribution >= 0.6 is 23.2 Å². The molecule has 1 aromatic heterocycles. The molecule has 76 valence electrons. The maximum atomic E-state index is 6.01. The molecule has 0 radical (unpaired) electrons. The summed E-state index contributed by atoms with van der Waals surface area (Å²) < 4.78 is 0. The average molecular weight is 233 g/mol. The fourth-order valence-electron chi connectivity index (χ4n) is 1.44. The van der Waals surface area contributed by atoms with E-state index in [0.717, 1.165) is 32.0 Å². The van der Waals surface area contributed by atoms with Crippen molar-refractivity contribution in [1.29, 1.82) is 0 Å². The van der Waals surface area contributed by atoms with Gasteiger partial charge in [-0.3, -0.25) is 0 Å². The molecule has 1 aliphatic heterocycles. The number of aromatic nitrogens is 2. The standard InChI is InChI=1S/C8H10Cl2N4/c9-6-7(10)12-5-13-8(6)14-3-1-11-2-4-14/h5,11H,1-4H2. The van der Waals surface area contributed by atoms with E-state index < -0.39 is 0 Å². The molecule has 1 fully saturated rings. The lowest BCUT2D eigenvalue weighted by Crippen LogP contribution is -2.44. The predicted octanol–water partition coefficient (Wildman–Crippen LogP) is 1.19. The molecule has 0 spiro atoms. The van der Waals surface area contributed by atoms with Gasteiger partial charge in [0.25, 0.3) is 0 Å². The largest absolute Gasteiger partial charge is 0.353 e. The van der Waals surface area contributed by atoms with Crippen LogP contribution in [0.1, 0.15) is 0 Å². The molecule has 0 saturated carbocycles. The van der Waals surface area contributed by atoms with Crippen LogP contribution in [0, 0.1) is 0 Å². The maximum absolute atomic E-state index is 6.01. The third-order valence-corrected chi connectivity index (χ3v) is 2.88. The Kier molecular flexibility index (Phi) is 3.05. The lowest BCUT2D eigenvalue weighted by Gasteiger charge is -2.28. The molecule has 0 unspecified atom stereocenters. The quantitative estimate of drug-likeness (QED) is 0.740. The molecule has 0 bridgehead atoms. The zero-order valence-corrected chi connectivity index (χ0v) is 9.02.